The van der Waals surface area contributed by atoms with E-state index in [1.54, 1.807) is 0 Å². The van der Waals surface area contributed by atoms with E-state index >= 15 is 0 Å². The fourth-order valence-electron chi connectivity index (χ4n) is 9.56. The molecular formula is C47H42O2P2. The summed E-state index contributed by atoms with van der Waals surface area (Å²) in [6.45, 7) is 14.1. The highest BCUT2D eigenvalue weighted by atomic mass is 31.1. The van der Waals surface area contributed by atoms with Crippen molar-refractivity contribution in [2.24, 2.45) is 0 Å². The van der Waals surface area contributed by atoms with Crippen LogP contribution in [-0.2, 0) is 10.8 Å². The Labute approximate surface area is 302 Å². The summed E-state index contributed by atoms with van der Waals surface area (Å²) in [5.41, 5.74) is 4.83. The fourth-order valence-corrected chi connectivity index (χ4v) is 15.2. The van der Waals surface area contributed by atoms with Crippen molar-refractivity contribution in [3.63, 3.8) is 0 Å². The second-order valence-electron chi connectivity index (χ2n) is 16.3. The van der Waals surface area contributed by atoms with Gasteiger partial charge in [-0.1, -0.05) is 152 Å². The van der Waals surface area contributed by atoms with Gasteiger partial charge in [0.25, 0.3) is 5.79 Å². The minimum atomic E-state index is -0.816. The van der Waals surface area contributed by atoms with Crippen LogP contribution < -0.4 is 9.47 Å². The van der Waals surface area contributed by atoms with Gasteiger partial charge in [0.2, 0.25) is 0 Å². The van der Waals surface area contributed by atoms with Crippen molar-refractivity contribution in [3.8, 4) is 22.1 Å². The summed E-state index contributed by atoms with van der Waals surface area (Å²) in [6.07, 6.45) is 1.56. The maximum absolute atomic E-state index is 7.61. The van der Waals surface area contributed by atoms with Crippen molar-refractivity contribution in [1.82, 2.24) is 0 Å². The number of hydrogen-bond acceptors (Lipinski definition) is 2. The van der Waals surface area contributed by atoms with E-state index < -0.39 is 20.9 Å². The molecule has 0 unspecified atom stereocenters. The molecule has 2 aliphatic rings. The largest absolute Gasteiger partial charge is 0.451 e. The topological polar surface area (TPSA) is 18.5 Å². The van der Waals surface area contributed by atoms with Crippen LogP contribution in [0.15, 0.2) is 121 Å². The highest BCUT2D eigenvalue weighted by Gasteiger charge is 2.54. The highest BCUT2D eigenvalue weighted by Crippen LogP contribution is 2.65. The molecule has 51 heavy (non-hydrogen) atoms. The molecule has 0 atom stereocenters. The van der Waals surface area contributed by atoms with Gasteiger partial charge in [-0.3, -0.25) is 0 Å². The van der Waals surface area contributed by atoms with Crippen LogP contribution in [-0.4, -0.2) is 5.79 Å². The molecule has 252 valence electrons. The van der Waals surface area contributed by atoms with Gasteiger partial charge >= 0.3 is 0 Å². The summed E-state index contributed by atoms with van der Waals surface area (Å²) in [7, 11) is -1.62. The standard InChI is InChI=1S/C47H42O2P2/c1-29-23-35-43(41(25-29)50-37-19-11-7-15-31(37)32-16-8-12-20-38(32)50)48-47(27-45(35,3)4)28-46(5,6)36-24-30(2)26-42(44(36)49-47)51-39-21-13-9-17-33(39)34-18-10-14-22-40(34)51/h7-26H,27-28H2,1-6H3. The summed E-state index contributed by atoms with van der Waals surface area (Å²) in [5, 5.41) is 13.7. The van der Waals surface area contributed by atoms with E-state index in [1.807, 2.05) is 0 Å². The summed E-state index contributed by atoms with van der Waals surface area (Å²) in [5.74, 6) is 1.25. The molecule has 0 amide bonds. The van der Waals surface area contributed by atoms with E-state index in [-0.39, 0.29) is 10.8 Å². The summed E-state index contributed by atoms with van der Waals surface area (Å²) >= 11 is 0. The molecule has 6 aromatic carbocycles. The average Bonchev–Trinajstić information content (AvgIpc) is 3.61. The molecule has 0 bridgehead atoms. The SMILES string of the molecule is Cc1cc(-p2c3ccccc3c3ccccc32)c2c(c1)C(C)(C)CC1(CC(C)(C)c3cc(C)cc(-p4c5ccccc5c5ccccc54)c3O1)O2. The lowest BCUT2D eigenvalue weighted by Crippen LogP contribution is -2.55. The van der Waals surface area contributed by atoms with Gasteiger partial charge in [0.15, 0.2) is 0 Å². The second-order valence-corrected chi connectivity index (χ2v) is 20.5. The number of rotatable bonds is 2. The van der Waals surface area contributed by atoms with E-state index in [9.17, 15) is 0 Å². The fraction of sp³-hybridized carbons (Fsp3) is 0.234. The zero-order valence-electron chi connectivity index (χ0n) is 30.2. The number of hydrogen-bond donors (Lipinski definition) is 0. The molecule has 0 N–H and O–H groups in total. The Morgan fingerprint density at radius 3 is 1.10 bits per heavy atom. The van der Waals surface area contributed by atoms with Crippen LogP contribution in [0, 0.1) is 13.8 Å². The Morgan fingerprint density at radius 1 is 0.451 bits per heavy atom. The van der Waals surface area contributed by atoms with Crippen molar-refractivity contribution in [2.75, 3.05) is 0 Å². The molecule has 4 heterocycles. The number of aryl methyl sites for hydroxylation is 2. The van der Waals surface area contributed by atoms with Crippen molar-refractivity contribution < 1.29 is 9.47 Å². The maximum Gasteiger partial charge on any atom is 0.253 e. The maximum atomic E-state index is 7.61. The van der Waals surface area contributed by atoms with Gasteiger partial charge in [-0.25, -0.2) is 0 Å². The summed E-state index contributed by atoms with van der Waals surface area (Å²) < 4.78 is 15.2. The molecule has 0 saturated carbocycles. The molecule has 2 aliphatic heterocycles. The molecule has 2 aromatic heterocycles. The molecule has 10 rings (SSSR count). The van der Waals surface area contributed by atoms with Gasteiger partial charge in [-0.2, -0.15) is 0 Å². The predicted molar refractivity (Wildman–Crippen MR) is 220 cm³/mol. The smallest absolute Gasteiger partial charge is 0.253 e. The van der Waals surface area contributed by atoms with Crippen LogP contribution in [0.4, 0.5) is 0 Å². The molecule has 2 nitrogen and oxygen atoms in total. The van der Waals surface area contributed by atoms with Crippen LogP contribution in [0.5, 0.6) is 11.5 Å². The minimum absolute atomic E-state index is 0.168. The Hall–Kier alpha value is -4.48. The zero-order chi connectivity index (χ0) is 34.9. The van der Waals surface area contributed by atoms with Gasteiger partial charge < -0.3 is 9.47 Å². The monoisotopic (exact) mass is 700 g/mol. The van der Waals surface area contributed by atoms with Gasteiger partial charge in [0.05, 0.1) is 0 Å². The lowest BCUT2D eigenvalue weighted by atomic mass is 9.69. The van der Waals surface area contributed by atoms with Crippen LogP contribution in [0.2, 0.25) is 0 Å². The van der Waals surface area contributed by atoms with Crippen LogP contribution in [0.25, 0.3) is 52.6 Å². The lowest BCUT2D eigenvalue weighted by Gasteiger charge is -2.52. The van der Waals surface area contributed by atoms with Crippen LogP contribution >= 0.6 is 15.1 Å². The second kappa shape index (κ2) is 10.8. The summed E-state index contributed by atoms with van der Waals surface area (Å²) in [6, 6.07) is 45.6. The highest BCUT2D eigenvalue weighted by molar-refractivity contribution is 7.68. The molecule has 4 heteroatoms. The van der Waals surface area contributed by atoms with Crippen molar-refractivity contribution in [3.05, 3.63) is 144 Å². The lowest BCUT2D eigenvalue weighted by molar-refractivity contribution is -0.165. The third-order valence-corrected chi connectivity index (χ3v) is 16.6. The van der Waals surface area contributed by atoms with Gasteiger partial charge in [-0.05, 0) is 58.7 Å². The normalized spacial score (nSPS) is 17.1. The Morgan fingerprint density at radius 2 is 0.765 bits per heavy atom. The molecule has 8 aromatic rings. The minimum Gasteiger partial charge on any atom is -0.451 e. The van der Waals surface area contributed by atoms with Crippen LogP contribution in [0.3, 0.4) is 0 Å². The average molecular weight is 701 g/mol. The molecule has 0 radical (unpaired) electrons. The van der Waals surface area contributed by atoms with E-state index in [4.69, 9.17) is 9.47 Å². The quantitative estimate of drug-likeness (QED) is 0.179. The molecule has 0 fully saturated rings. The van der Waals surface area contributed by atoms with Crippen molar-refractivity contribution >= 4 is 57.1 Å². The first-order valence-electron chi connectivity index (χ1n) is 18.2. The van der Waals surface area contributed by atoms with Crippen LogP contribution in [0.1, 0.15) is 62.8 Å². The molecule has 0 aliphatic carbocycles. The number of benzene rings is 6. The zero-order valence-corrected chi connectivity index (χ0v) is 32.0. The first kappa shape index (κ1) is 31.3. The Bertz CT molecular complexity index is 2440. The predicted octanol–water partition coefficient (Wildman–Crippen LogP) is 14.4. The van der Waals surface area contributed by atoms with E-state index in [0.29, 0.717) is 0 Å². The van der Waals surface area contributed by atoms with Crippen molar-refractivity contribution in [2.45, 2.75) is 71.0 Å². The van der Waals surface area contributed by atoms with E-state index in [0.717, 1.165) is 24.3 Å². The van der Waals surface area contributed by atoms with E-state index in [2.05, 4.69) is 163 Å². The van der Waals surface area contributed by atoms with E-state index in [1.165, 1.54) is 74.9 Å². The Kier molecular flexibility index (Phi) is 6.60. The van der Waals surface area contributed by atoms with Gasteiger partial charge in [-0.15, -0.1) is 0 Å². The third-order valence-electron chi connectivity index (χ3n) is 11.5. The molecule has 0 saturated heterocycles. The number of fused-ring (bicyclic) bond motifs is 8. The third kappa shape index (κ3) is 4.56. The van der Waals surface area contributed by atoms with Gasteiger partial charge in [0, 0.05) is 65.9 Å². The number of ether oxygens (including phenoxy) is 2. The van der Waals surface area contributed by atoms with Crippen molar-refractivity contribution in [1.29, 1.82) is 0 Å². The Balaban J connectivity index is 1.22. The molecule has 1 spiro atoms. The van der Waals surface area contributed by atoms with Gasteiger partial charge in [0.1, 0.15) is 11.5 Å². The summed E-state index contributed by atoms with van der Waals surface area (Å²) in [4.78, 5) is 0. The molecular weight excluding hydrogens is 658 g/mol. The first-order valence-corrected chi connectivity index (χ1v) is 20.9. The first-order chi connectivity index (χ1) is 24.5.